The Morgan fingerprint density at radius 1 is 0.966 bits per heavy atom. The molecule has 29 heavy (non-hydrogen) atoms. The molecule has 4 rings (SSSR count). The summed E-state index contributed by atoms with van der Waals surface area (Å²) < 4.78 is 27.7. The third-order valence-electron chi connectivity index (χ3n) is 4.78. The molecular weight excluding hydrogens is 417 g/mol. The molecule has 2 heterocycles. The first-order valence-corrected chi connectivity index (χ1v) is 9.51. The van der Waals surface area contributed by atoms with Gasteiger partial charge in [-0.1, -0.05) is 47.5 Å². The Kier molecular flexibility index (Phi) is 5.35. The van der Waals surface area contributed by atoms with Crippen LogP contribution in [-0.4, -0.2) is 15.1 Å². The lowest BCUT2D eigenvalue weighted by Crippen LogP contribution is -2.10. The first-order valence-electron chi connectivity index (χ1n) is 8.76. The molecule has 0 radical (unpaired) electrons. The fourth-order valence-corrected chi connectivity index (χ4v) is 4.08. The van der Waals surface area contributed by atoms with E-state index in [2.05, 4.69) is 9.97 Å². The van der Waals surface area contributed by atoms with E-state index >= 15 is 0 Å². The number of fused-ring (bicyclic) bond motifs is 1. The Balaban J connectivity index is 1.92. The number of halogens is 4. The molecule has 0 aliphatic carbocycles. The van der Waals surface area contributed by atoms with Crippen molar-refractivity contribution < 1.29 is 13.9 Å². The molecule has 3 nitrogen and oxygen atoms in total. The van der Waals surface area contributed by atoms with Crippen molar-refractivity contribution in [2.24, 2.45) is 0 Å². The predicted molar refractivity (Wildman–Crippen MR) is 110 cm³/mol. The number of aromatic nitrogens is 2. The molecular formula is C22H14Cl2F2N2O. The average molecular weight is 431 g/mol. The number of phenols is 1. The highest BCUT2D eigenvalue weighted by atomic mass is 35.5. The smallest absolute Gasteiger partial charge is 0.147 e. The van der Waals surface area contributed by atoms with Gasteiger partial charge in [-0.25, -0.2) is 8.78 Å². The Morgan fingerprint density at radius 2 is 1.72 bits per heavy atom. The number of benzene rings is 2. The third-order valence-corrected chi connectivity index (χ3v) is 5.44. The lowest BCUT2D eigenvalue weighted by molar-refractivity contribution is 0.468. The van der Waals surface area contributed by atoms with E-state index in [0.29, 0.717) is 26.7 Å². The molecule has 2 aromatic heterocycles. The second-order valence-electron chi connectivity index (χ2n) is 6.55. The van der Waals surface area contributed by atoms with Crippen molar-refractivity contribution in [2.45, 2.75) is 12.3 Å². The fraction of sp³-hybridized carbons (Fsp3) is 0.0909. The summed E-state index contributed by atoms with van der Waals surface area (Å²) in [5, 5.41) is 12.4. The topological polar surface area (TPSA) is 46.0 Å². The van der Waals surface area contributed by atoms with Crippen LogP contribution in [0, 0.1) is 11.6 Å². The van der Waals surface area contributed by atoms with Crippen molar-refractivity contribution in [1.82, 2.24) is 9.97 Å². The van der Waals surface area contributed by atoms with E-state index in [9.17, 15) is 13.9 Å². The number of pyridine rings is 2. The maximum absolute atomic E-state index is 14.4. The van der Waals surface area contributed by atoms with Gasteiger partial charge in [-0.15, -0.1) is 0 Å². The largest absolute Gasteiger partial charge is 0.505 e. The summed E-state index contributed by atoms with van der Waals surface area (Å²) in [7, 11) is 0. The minimum atomic E-state index is -0.781. The van der Waals surface area contributed by atoms with Gasteiger partial charge in [-0.05, 0) is 23.8 Å². The summed E-state index contributed by atoms with van der Waals surface area (Å²) in [4.78, 5) is 8.13. The van der Waals surface area contributed by atoms with Crippen LogP contribution in [0.4, 0.5) is 8.78 Å². The maximum Gasteiger partial charge on any atom is 0.147 e. The average Bonchev–Trinajstić information content (AvgIpc) is 2.69. The molecule has 146 valence electrons. The highest BCUT2D eigenvalue weighted by molar-refractivity contribution is 6.36. The first-order chi connectivity index (χ1) is 14.0. The van der Waals surface area contributed by atoms with Crippen LogP contribution in [0.25, 0.3) is 10.9 Å². The van der Waals surface area contributed by atoms with Crippen LogP contribution in [0.3, 0.4) is 0 Å². The molecule has 4 aromatic rings. The molecule has 0 amide bonds. The Morgan fingerprint density at radius 3 is 2.45 bits per heavy atom. The van der Waals surface area contributed by atoms with Crippen molar-refractivity contribution in [3.8, 4) is 5.75 Å². The highest BCUT2D eigenvalue weighted by Crippen LogP contribution is 2.42. The zero-order valence-corrected chi connectivity index (χ0v) is 16.4. The van der Waals surface area contributed by atoms with Gasteiger partial charge in [0, 0.05) is 45.6 Å². The van der Waals surface area contributed by atoms with Crippen LogP contribution >= 0.6 is 23.2 Å². The number of hydrogen-bond acceptors (Lipinski definition) is 3. The lowest BCUT2D eigenvalue weighted by atomic mass is 9.85. The molecule has 0 saturated carbocycles. The maximum atomic E-state index is 14.4. The van der Waals surface area contributed by atoms with Crippen LogP contribution in [0.5, 0.6) is 5.75 Å². The van der Waals surface area contributed by atoms with Crippen molar-refractivity contribution in [3.63, 3.8) is 0 Å². The molecule has 0 aliphatic heterocycles. The summed E-state index contributed by atoms with van der Waals surface area (Å²) in [5.41, 5.74) is 1.43. The van der Waals surface area contributed by atoms with Crippen molar-refractivity contribution >= 4 is 34.1 Å². The quantitative estimate of drug-likeness (QED) is 0.413. The number of phenolic OH excluding ortho intramolecular Hbond substituents is 1. The minimum absolute atomic E-state index is 0.0153. The molecule has 1 atom stereocenters. The Labute approximate surface area is 175 Å². The summed E-state index contributed by atoms with van der Waals surface area (Å²) in [6.45, 7) is 0. The second kappa shape index (κ2) is 7.93. The van der Waals surface area contributed by atoms with E-state index in [1.165, 1.54) is 0 Å². The number of hydrogen-bond donors (Lipinski definition) is 1. The Hall–Kier alpha value is -2.76. The van der Waals surface area contributed by atoms with Gasteiger partial charge >= 0.3 is 0 Å². The fourth-order valence-electron chi connectivity index (χ4n) is 3.42. The lowest BCUT2D eigenvalue weighted by Gasteiger charge is -2.22. The van der Waals surface area contributed by atoms with Gasteiger partial charge in [0.25, 0.3) is 0 Å². The van der Waals surface area contributed by atoms with Gasteiger partial charge in [0.1, 0.15) is 22.9 Å². The van der Waals surface area contributed by atoms with Gasteiger partial charge in [-0.2, -0.15) is 0 Å². The molecule has 0 aliphatic rings. The van der Waals surface area contributed by atoms with Crippen LogP contribution in [-0.2, 0) is 6.42 Å². The van der Waals surface area contributed by atoms with Gasteiger partial charge < -0.3 is 5.11 Å². The SMILES string of the molecule is Oc1c(C(Cc2ncc(F)cc2F)c2c(Cl)cccc2Cl)ccc2cccnc12. The van der Waals surface area contributed by atoms with E-state index < -0.39 is 17.6 Å². The van der Waals surface area contributed by atoms with E-state index in [4.69, 9.17) is 23.2 Å². The molecule has 0 saturated heterocycles. The molecule has 0 bridgehead atoms. The number of rotatable bonds is 4. The molecule has 1 unspecified atom stereocenters. The van der Waals surface area contributed by atoms with Gasteiger partial charge in [0.2, 0.25) is 0 Å². The van der Waals surface area contributed by atoms with Crippen LogP contribution in [0.2, 0.25) is 10.0 Å². The first kappa shape index (κ1) is 19.6. The van der Waals surface area contributed by atoms with E-state index in [0.717, 1.165) is 17.6 Å². The minimum Gasteiger partial charge on any atom is -0.505 e. The van der Waals surface area contributed by atoms with Crippen molar-refractivity contribution in [2.75, 3.05) is 0 Å². The van der Waals surface area contributed by atoms with Crippen molar-refractivity contribution in [3.05, 3.63) is 99.4 Å². The molecule has 2 aromatic carbocycles. The van der Waals surface area contributed by atoms with Gasteiger partial charge in [-0.3, -0.25) is 9.97 Å². The monoisotopic (exact) mass is 430 g/mol. The summed E-state index contributed by atoms with van der Waals surface area (Å²) >= 11 is 12.8. The summed E-state index contributed by atoms with van der Waals surface area (Å²) in [6, 6.07) is 12.9. The second-order valence-corrected chi connectivity index (χ2v) is 7.37. The number of nitrogens with zero attached hydrogens (tertiary/aromatic N) is 2. The van der Waals surface area contributed by atoms with E-state index in [1.807, 2.05) is 12.1 Å². The molecule has 1 N–H and O–H groups in total. The van der Waals surface area contributed by atoms with E-state index in [1.54, 1.807) is 36.5 Å². The predicted octanol–water partition coefficient (Wildman–Crippen LogP) is 6.30. The van der Waals surface area contributed by atoms with Crippen molar-refractivity contribution in [1.29, 1.82) is 0 Å². The number of aromatic hydroxyl groups is 1. The van der Waals surface area contributed by atoms with Crippen LogP contribution < -0.4 is 0 Å². The Bertz CT molecular complexity index is 1200. The van der Waals surface area contributed by atoms with E-state index in [-0.39, 0.29) is 17.9 Å². The summed E-state index contributed by atoms with van der Waals surface area (Å²) in [5.74, 6) is -2.23. The van der Waals surface area contributed by atoms with Crippen LogP contribution in [0.1, 0.15) is 22.7 Å². The highest BCUT2D eigenvalue weighted by Gasteiger charge is 2.26. The molecule has 7 heteroatoms. The molecule has 0 spiro atoms. The summed E-state index contributed by atoms with van der Waals surface area (Å²) in [6.07, 6.45) is 2.54. The third kappa shape index (κ3) is 3.76. The van der Waals surface area contributed by atoms with Gasteiger partial charge in [0.05, 0.1) is 11.9 Å². The standard InChI is InChI=1S/C22H14Cl2F2N2O/c23-16-4-1-5-17(24)20(16)15(10-19-18(26)9-13(25)11-28-19)14-7-6-12-3-2-8-27-21(12)22(14)29/h1-9,11,15,29H,10H2. The normalized spacial score (nSPS) is 12.3. The van der Waals surface area contributed by atoms with Crippen LogP contribution in [0.15, 0.2) is 60.9 Å². The van der Waals surface area contributed by atoms with Gasteiger partial charge in [0.15, 0.2) is 0 Å². The zero-order chi connectivity index (χ0) is 20.5. The zero-order valence-electron chi connectivity index (χ0n) is 14.9. The molecule has 0 fully saturated rings.